The summed E-state index contributed by atoms with van der Waals surface area (Å²) in [7, 11) is 5.27. The summed E-state index contributed by atoms with van der Waals surface area (Å²) in [4.78, 5) is 42.3. The minimum atomic E-state index is -0.476. The fourth-order valence-electron chi connectivity index (χ4n) is 6.12. The van der Waals surface area contributed by atoms with E-state index in [9.17, 15) is 9.59 Å². The van der Waals surface area contributed by atoms with Crippen LogP contribution < -0.4 is 29.6 Å². The number of piperazine rings is 1. The average molecular weight is 760 g/mol. The number of likely N-dealkylation sites (N-methyl/N-ethyl adjacent to an activating group) is 1. The second-order valence-corrected chi connectivity index (χ2v) is 13.4. The van der Waals surface area contributed by atoms with Crippen molar-refractivity contribution in [1.82, 2.24) is 24.7 Å². The molecule has 0 unspecified atom stereocenters. The van der Waals surface area contributed by atoms with Gasteiger partial charge in [0.2, 0.25) is 17.6 Å². The third-order valence-corrected chi connectivity index (χ3v) is 9.63. The fourth-order valence-corrected chi connectivity index (χ4v) is 6.34. The summed E-state index contributed by atoms with van der Waals surface area (Å²) in [5, 5.41) is 6.33. The SMILES string of the molecule is CCN(CC)C(=O)c1ccc(Oc2nc(Nc3cc(OC)c(OCCCN4CCN(C)CC4)c(OC)c3)ncc2C(=O)Nc2c(C)cccc2C)c(Cl)c1. The van der Waals surface area contributed by atoms with Crippen molar-refractivity contribution in [2.45, 2.75) is 34.1 Å². The number of nitrogens with one attached hydrogen (secondary N) is 2. The van der Waals surface area contributed by atoms with Crippen molar-refractivity contribution in [2.75, 3.05) is 84.3 Å². The number of carbonyl (C=O) groups excluding carboxylic acids is 2. The number of benzene rings is 3. The number of hydrogen-bond donors (Lipinski definition) is 2. The maximum absolute atomic E-state index is 13.8. The van der Waals surface area contributed by atoms with Gasteiger partial charge in [-0.1, -0.05) is 29.8 Å². The first-order valence-electron chi connectivity index (χ1n) is 18.1. The van der Waals surface area contributed by atoms with Crippen LogP contribution in [0.2, 0.25) is 5.02 Å². The summed E-state index contributed by atoms with van der Waals surface area (Å²) in [6.07, 6.45) is 2.24. The minimum Gasteiger partial charge on any atom is -0.493 e. The Hall–Kier alpha value is -5.11. The van der Waals surface area contributed by atoms with Crippen LogP contribution in [-0.2, 0) is 0 Å². The molecule has 1 saturated heterocycles. The predicted molar refractivity (Wildman–Crippen MR) is 212 cm³/mol. The van der Waals surface area contributed by atoms with Crippen LogP contribution in [0.5, 0.6) is 28.9 Å². The summed E-state index contributed by atoms with van der Waals surface area (Å²) < 4.78 is 23.8. The Morgan fingerprint density at radius 1 is 0.926 bits per heavy atom. The normalized spacial score (nSPS) is 13.3. The number of amides is 2. The quantitative estimate of drug-likeness (QED) is 0.114. The first kappa shape index (κ1) is 40.1. The lowest BCUT2D eigenvalue weighted by Crippen LogP contribution is -2.44. The smallest absolute Gasteiger partial charge is 0.262 e. The van der Waals surface area contributed by atoms with Gasteiger partial charge >= 0.3 is 0 Å². The zero-order valence-electron chi connectivity index (χ0n) is 32.1. The zero-order chi connectivity index (χ0) is 38.8. The van der Waals surface area contributed by atoms with Crippen LogP contribution in [0.4, 0.5) is 17.3 Å². The molecule has 2 amide bonds. The molecule has 14 heteroatoms. The van der Waals surface area contributed by atoms with Gasteiger partial charge in [-0.25, -0.2) is 4.98 Å². The van der Waals surface area contributed by atoms with Gasteiger partial charge in [0.05, 0.1) is 25.8 Å². The van der Waals surface area contributed by atoms with E-state index < -0.39 is 5.91 Å². The van der Waals surface area contributed by atoms with Crippen LogP contribution in [0.3, 0.4) is 0 Å². The van der Waals surface area contributed by atoms with Gasteiger partial charge in [0.1, 0.15) is 11.3 Å². The molecular formula is C40H50ClN7O6. The highest BCUT2D eigenvalue weighted by atomic mass is 35.5. The van der Waals surface area contributed by atoms with Crippen LogP contribution in [-0.4, -0.2) is 110 Å². The summed E-state index contributed by atoms with van der Waals surface area (Å²) in [6.45, 7) is 14.5. The highest BCUT2D eigenvalue weighted by Gasteiger charge is 2.22. The number of aryl methyl sites for hydroxylation is 2. The number of anilines is 3. The van der Waals surface area contributed by atoms with Gasteiger partial charge in [-0.3, -0.25) is 9.59 Å². The van der Waals surface area contributed by atoms with E-state index in [4.69, 9.17) is 30.5 Å². The number of ether oxygens (including phenoxy) is 4. The van der Waals surface area contributed by atoms with E-state index in [1.54, 1.807) is 49.5 Å². The molecule has 0 aliphatic carbocycles. The molecule has 1 aliphatic rings. The molecule has 54 heavy (non-hydrogen) atoms. The predicted octanol–water partition coefficient (Wildman–Crippen LogP) is 7.05. The van der Waals surface area contributed by atoms with Crippen molar-refractivity contribution in [3.05, 3.63) is 82.0 Å². The third kappa shape index (κ3) is 9.90. The van der Waals surface area contributed by atoms with Crippen molar-refractivity contribution in [3.63, 3.8) is 0 Å². The molecule has 2 heterocycles. The van der Waals surface area contributed by atoms with Crippen LogP contribution >= 0.6 is 11.6 Å². The minimum absolute atomic E-state index is 0.0554. The number of rotatable bonds is 16. The Labute approximate surface area is 322 Å². The Bertz CT molecular complexity index is 1890. The second kappa shape index (κ2) is 18.8. The summed E-state index contributed by atoms with van der Waals surface area (Å²) in [5.74, 6) is 1.07. The first-order valence-corrected chi connectivity index (χ1v) is 18.5. The summed E-state index contributed by atoms with van der Waals surface area (Å²) in [6, 6.07) is 14.0. The largest absolute Gasteiger partial charge is 0.493 e. The molecule has 4 aromatic rings. The Kier molecular flexibility index (Phi) is 13.9. The van der Waals surface area contributed by atoms with E-state index in [0.717, 1.165) is 50.3 Å². The van der Waals surface area contributed by atoms with Crippen molar-refractivity contribution in [2.24, 2.45) is 0 Å². The Balaban J connectivity index is 1.40. The highest BCUT2D eigenvalue weighted by molar-refractivity contribution is 6.32. The molecule has 2 N–H and O–H groups in total. The van der Waals surface area contributed by atoms with Crippen LogP contribution in [0.15, 0.2) is 54.7 Å². The molecule has 0 radical (unpaired) electrons. The zero-order valence-corrected chi connectivity index (χ0v) is 32.9. The van der Waals surface area contributed by atoms with Crippen molar-refractivity contribution in [3.8, 4) is 28.9 Å². The molecule has 5 rings (SSSR count). The lowest BCUT2D eigenvalue weighted by atomic mass is 10.1. The van der Waals surface area contributed by atoms with E-state index in [-0.39, 0.29) is 34.1 Å². The molecule has 1 aliphatic heterocycles. The van der Waals surface area contributed by atoms with E-state index in [1.807, 2.05) is 45.9 Å². The Morgan fingerprint density at radius 3 is 2.20 bits per heavy atom. The van der Waals surface area contributed by atoms with E-state index in [1.165, 1.54) is 6.20 Å². The second-order valence-electron chi connectivity index (χ2n) is 13.0. The van der Waals surface area contributed by atoms with Crippen LogP contribution in [0.1, 0.15) is 52.1 Å². The van der Waals surface area contributed by atoms with Crippen molar-refractivity contribution < 1.29 is 28.5 Å². The molecule has 0 spiro atoms. The molecule has 0 saturated carbocycles. The summed E-state index contributed by atoms with van der Waals surface area (Å²) in [5.41, 5.74) is 3.49. The molecule has 288 valence electrons. The monoisotopic (exact) mass is 759 g/mol. The number of methoxy groups -OCH3 is 2. The van der Waals surface area contributed by atoms with Gasteiger partial charge < -0.3 is 44.3 Å². The van der Waals surface area contributed by atoms with Gasteiger partial charge in [-0.15, -0.1) is 0 Å². The van der Waals surface area contributed by atoms with Gasteiger partial charge in [-0.2, -0.15) is 4.98 Å². The Morgan fingerprint density at radius 2 is 1.59 bits per heavy atom. The van der Waals surface area contributed by atoms with E-state index >= 15 is 0 Å². The molecule has 1 fully saturated rings. The number of aromatic nitrogens is 2. The lowest BCUT2D eigenvalue weighted by Gasteiger charge is -2.32. The maximum atomic E-state index is 13.8. The number of para-hydroxylation sites is 1. The highest BCUT2D eigenvalue weighted by Crippen LogP contribution is 2.41. The maximum Gasteiger partial charge on any atom is 0.262 e. The topological polar surface area (TPSA) is 131 Å². The molecule has 13 nitrogen and oxygen atoms in total. The molecule has 3 aromatic carbocycles. The van der Waals surface area contributed by atoms with Crippen molar-refractivity contribution >= 4 is 40.7 Å². The van der Waals surface area contributed by atoms with Crippen molar-refractivity contribution in [1.29, 1.82) is 0 Å². The van der Waals surface area contributed by atoms with E-state index in [2.05, 4.69) is 37.4 Å². The van der Waals surface area contributed by atoms with E-state index in [0.29, 0.717) is 53.9 Å². The number of nitrogens with zero attached hydrogens (tertiary/aromatic N) is 5. The molecule has 0 bridgehead atoms. The van der Waals surface area contributed by atoms with Gasteiger partial charge in [-0.05, 0) is 70.5 Å². The lowest BCUT2D eigenvalue weighted by molar-refractivity contribution is 0.0772. The van der Waals surface area contributed by atoms with Crippen LogP contribution in [0.25, 0.3) is 0 Å². The number of halogens is 1. The standard InChI is InChI=1S/C40H50ClN7O6/c1-8-48(9-2)39(50)28-14-15-32(31(41)22-28)54-38-30(37(49)44-35-26(3)12-10-13-27(35)4)25-42-40(45-38)43-29-23-33(51-6)36(34(24-29)52-7)53-21-11-16-47-19-17-46(5)18-20-47/h10,12-15,22-25H,8-9,11,16-21H2,1-7H3,(H,44,49)(H,42,43,45). The number of carbonyl (C=O) groups is 2. The number of hydrogen-bond acceptors (Lipinski definition) is 11. The van der Waals surface area contributed by atoms with Gasteiger partial charge in [0.15, 0.2) is 11.5 Å². The fraction of sp³-hybridized carbons (Fsp3) is 0.400. The first-order chi connectivity index (χ1) is 26.0. The summed E-state index contributed by atoms with van der Waals surface area (Å²) >= 11 is 6.66. The molecule has 1 aromatic heterocycles. The molecular weight excluding hydrogens is 710 g/mol. The average Bonchev–Trinajstić information content (AvgIpc) is 3.17. The van der Waals surface area contributed by atoms with Gasteiger partial charge in [0.25, 0.3) is 11.8 Å². The molecule has 0 atom stereocenters. The van der Waals surface area contributed by atoms with Crippen LogP contribution in [0, 0.1) is 13.8 Å². The third-order valence-electron chi connectivity index (χ3n) is 9.33. The van der Waals surface area contributed by atoms with Gasteiger partial charge in [0, 0.05) is 81.1 Å².